The standard InChI is InChI=1S/C34H31N3O/c1-36-21-37-31(23-7-3-4-8-23)20-30(27-12-10-22-6-2-5-9-25(22)18-27)28-14-16-29-26(19-28)13-11-24-15-17-32(38)34(35)33(24)29/h2-7,9-20,30,36-38H,8,21,35H2,1H3/b31-20-. The fraction of sp³-hybridized carbons (Fsp3) is 0.118. The van der Waals surface area contributed by atoms with Crippen LogP contribution >= 0.6 is 0 Å². The van der Waals surface area contributed by atoms with Gasteiger partial charge in [0.15, 0.2) is 0 Å². The summed E-state index contributed by atoms with van der Waals surface area (Å²) in [6.07, 6.45) is 9.77. The van der Waals surface area contributed by atoms with Crippen LogP contribution in [0.2, 0.25) is 0 Å². The van der Waals surface area contributed by atoms with Crippen LogP contribution in [0.3, 0.4) is 0 Å². The zero-order valence-electron chi connectivity index (χ0n) is 21.4. The maximum absolute atomic E-state index is 10.3. The van der Waals surface area contributed by atoms with E-state index >= 15 is 0 Å². The van der Waals surface area contributed by atoms with Gasteiger partial charge in [0, 0.05) is 17.0 Å². The lowest BCUT2D eigenvalue weighted by Crippen LogP contribution is -2.26. The number of allylic oxidation sites excluding steroid dienone is 5. The van der Waals surface area contributed by atoms with Crippen LogP contribution in [-0.4, -0.2) is 18.8 Å². The van der Waals surface area contributed by atoms with E-state index in [1.165, 1.54) is 27.5 Å². The van der Waals surface area contributed by atoms with E-state index in [0.29, 0.717) is 12.4 Å². The van der Waals surface area contributed by atoms with Crippen molar-refractivity contribution in [1.82, 2.24) is 10.6 Å². The largest absolute Gasteiger partial charge is 0.506 e. The molecule has 5 aromatic rings. The number of fused-ring (bicyclic) bond motifs is 4. The van der Waals surface area contributed by atoms with Gasteiger partial charge in [-0.3, -0.25) is 0 Å². The summed E-state index contributed by atoms with van der Waals surface area (Å²) in [4.78, 5) is 0. The lowest BCUT2D eigenvalue weighted by molar-refractivity contribution is 0.479. The maximum atomic E-state index is 10.3. The molecule has 0 fully saturated rings. The highest BCUT2D eigenvalue weighted by atomic mass is 16.3. The van der Waals surface area contributed by atoms with Crippen LogP contribution in [0.15, 0.2) is 121 Å². The number of phenolic OH excluding ortho intramolecular Hbond substituents is 1. The third kappa shape index (κ3) is 4.40. The monoisotopic (exact) mass is 497 g/mol. The van der Waals surface area contributed by atoms with Crippen molar-refractivity contribution in [2.45, 2.75) is 12.3 Å². The number of nitrogens with one attached hydrogen (secondary N) is 2. The lowest BCUT2D eigenvalue weighted by atomic mass is 9.86. The molecule has 0 aromatic heterocycles. The average Bonchev–Trinajstić information content (AvgIpc) is 3.49. The third-order valence-electron chi connectivity index (χ3n) is 7.44. The predicted molar refractivity (Wildman–Crippen MR) is 160 cm³/mol. The minimum absolute atomic E-state index is 0.0297. The van der Waals surface area contributed by atoms with E-state index in [4.69, 9.17) is 5.73 Å². The molecule has 6 rings (SSSR count). The van der Waals surface area contributed by atoms with Gasteiger partial charge in [-0.15, -0.1) is 0 Å². The highest BCUT2D eigenvalue weighted by molar-refractivity contribution is 6.14. The normalized spacial score (nSPS) is 14.3. The topological polar surface area (TPSA) is 70.3 Å². The minimum Gasteiger partial charge on any atom is -0.506 e. The summed E-state index contributed by atoms with van der Waals surface area (Å²) in [5.41, 5.74) is 11.6. The molecule has 1 aliphatic rings. The van der Waals surface area contributed by atoms with Crippen molar-refractivity contribution in [3.05, 3.63) is 132 Å². The second-order valence-electron chi connectivity index (χ2n) is 9.84. The Morgan fingerprint density at radius 2 is 1.61 bits per heavy atom. The second kappa shape index (κ2) is 10.1. The number of anilines is 1. The maximum Gasteiger partial charge on any atom is 0.139 e. The van der Waals surface area contributed by atoms with Crippen LogP contribution < -0.4 is 16.4 Å². The number of aromatic hydroxyl groups is 1. The predicted octanol–water partition coefficient (Wildman–Crippen LogP) is 7.10. The second-order valence-corrected chi connectivity index (χ2v) is 9.84. The quantitative estimate of drug-likeness (QED) is 0.0838. The van der Waals surface area contributed by atoms with E-state index in [2.05, 4.69) is 108 Å². The van der Waals surface area contributed by atoms with E-state index in [9.17, 15) is 5.11 Å². The Bertz CT molecular complexity index is 1760. The number of nitrogen functional groups attached to an aromatic ring is 1. The molecule has 0 spiro atoms. The first kappa shape index (κ1) is 23.8. The summed E-state index contributed by atoms with van der Waals surface area (Å²) in [5, 5.41) is 23.6. The molecule has 38 heavy (non-hydrogen) atoms. The van der Waals surface area contributed by atoms with Gasteiger partial charge >= 0.3 is 0 Å². The Morgan fingerprint density at radius 3 is 2.39 bits per heavy atom. The van der Waals surface area contributed by atoms with E-state index in [1.807, 2.05) is 13.1 Å². The molecule has 1 atom stereocenters. The Balaban J connectivity index is 1.54. The van der Waals surface area contributed by atoms with E-state index in [-0.39, 0.29) is 11.7 Å². The Kier molecular flexibility index (Phi) is 6.32. The fourth-order valence-electron chi connectivity index (χ4n) is 5.45. The molecule has 188 valence electrons. The molecule has 4 heteroatoms. The summed E-state index contributed by atoms with van der Waals surface area (Å²) in [6, 6.07) is 29.6. The first-order valence-electron chi connectivity index (χ1n) is 13.0. The smallest absolute Gasteiger partial charge is 0.139 e. The molecule has 5 N–H and O–H groups in total. The first-order chi connectivity index (χ1) is 18.6. The molecule has 5 aromatic carbocycles. The molecule has 1 aliphatic carbocycles. The van der Waals surface area contributed by atoms with Crippen molar-refractivity contribution in [2.75, 3.05) is 19.5 Å². The minimum atomic E-state index is 0.0297. The molecule has 0 radical (unpaired) electrons. The van der Waals surface area contributed by atoms with Crippen LogP contribution in [0.4, 0.5) is 5.69 Å². The number of hydrogen-bond acceptors (Lipinski definition) is 4. The fourth-order valence-corrected chi connectivity index (χ4v) is 5.45. The molecule has 0 saturated carbocycles. The third-order valence-corrected chi connectivity index (χ3v) is 7.44. The van der Waals surface area contributed by atoms with Crippen molar-refractivity contribution in [2.24, 2.45) is 0 Å². The first-order valence-corrected chi connectivity index (χ1v) is 13.0. The Labute approximate surface area is 222 Å². The van der Waals surface area contributed by atoms with Gasteiger partial charge in [-0.2, -0.15) is 0 Å². The van der Waals surface area contributed by atoms with Crippen molar-refractivity contribution < 1.29 is 5.11 Å². The summed E-state index contributed by atoms with van der Waals surface area (Å²) in [7, 11) is 1.95. The molecular weight excluding hydrogens is 466 g/mol. The molecule has 0 saturated heterocycles. The van der Waals surface area contributed by atoms with Crippen molar-refractivity contribution in [3.8, 4) is 5.75 Å². The van der Waals surface area contributed by atoms with Crippen molar-refractivity contribution in [3.63, 3.8) is 0 Å². The van der Waals surface area contributed by atoms with Crippen molar-refractivity contribution >= 4 is 38.0 Å². The number of nitrogens with two attached hydrogens (primary N) is 1. The van der Waals surface area contributed by atoms with Crippen LogP contribution in [0.1, 0.15) is 23.5 Å². The van der Waals surface area contributed by atoms with Crippen molar-refractivity contribution in [1.29, 1.82) is 0 Å². The summed E-state index contributed by atoms with van der Waals surface area (Å²) < 4.78 is 0. The highest BCUT2D eigenvalue weighted by Crippen LogP contribution is 2.38. The number of hydrogen-bond donors (Lipinski definition) is 4. The Morgan fingerprint density at radius 1 is 0.895 bits per heavy atom. The zero-order chi connectivity index (χ0) is 26.1. The average molecular weight is 498 g/mol. The number of phenols is 1. The number of rotatable bonds is 7. The highest BCUT2D eigenvalue weighted by Gasteiger charge is 2.18. The molecule has 0 bridgehead atoms. The van der Waals surface area contributed by atoms with Gasteiger partial charge in [-0.05, 0) is 69.2 Å². The number of benzene rings is 5. The molecule has 0 aliphatic heterocycles. The van der Waals surface area contributed by atoms with Gasteiger partial charge in [0.05, 0.1) is 12.4 Å². The summed E-state index contributed by atoms with van der Waals surface area (Å²) in [6.45, 7) is 0.681. The molecule has 4 nitrogen and oxygen atoms in total. The lowest BCUT2D eigenvalue weighted by Gasteiger charge is -2.20. The van der Waals surface area contributed by atoms with Crippen LogP contribution in [-0.2, 0) is 0 Å². The van der Waals surface area contributed by atoms with E-state index in [1.54, 1.807) is 6.07 Å². The van der Waals surface area contributed by atoms with Gasteiger partial charge in [0.2, 0.25) is 0 Å². The van der Waals surface area contributed by atoms with Crippen LogP contribution in [0.5, 0.6) is 5.75 Å². The van der Waals surface area contributed by atoms with Gasteiger partial charge in [0.1, 0.15) is 5.75 Å². The Hall–Kier alpha value is -4.54. The van der Waals surface area contributed by atoms with Gasteiger partial charge in [-0.25, -0.2) is 0 Å². The van der Waals surface area contributed by atoms with Gasteiger partial charge < -0.3 is 21.5 Å². The SMILES string of the molecule is CNCN/C(=C\C(c1ccc2ccccc2c1)c1ccc2c(ccc3ccc(O)c(N)c32)c1)C1=CC=CC1. The molecular formula is C34H31N3O. The van der Waals surface area contributed by atoms with Gasteiger partial charge in [0.25, 0.3) is 0 Å². The van der Waals surface area contributed by atoms with E-state index in [0.717, 1.165) is 33.7 Å². The molecule has 1 unspecified atom stereocenters. The van der Waals surface area contributed by atoms with E-state index < -0.39 is 0 Å². The summed E-state index contributed by atoms with van der Waals surface area (Å²) >= 11 is 0. The molecule has 0 amide bonds. The zero-order valence-corrected chi connectivity index (χ0v) is 21.4. The van der Waals surface area contributed by atoms with Crippen LogP contribution in [0.25, 0.3) is 32.3 Å². The molecule has 0 heterocycles. The van der Waals surface area contributed by atoms with Crippen LogP contribution in [0, 0.1) is 0 Å². The summed E-state index contributed by atoms with van der Waals surface area (Å²) in [5.74, 6) is 0.145. The van der Waals surface area contributed by atoms with Gasteiger partial charge in [-0.1, -0.05) is 97.1 Å².